The average molecular weight is 304 g/mol. The molecule has 0 radical (unpaired) electrons. The fraction of sp³-hybridized carbons (Fsp3) is 0.438. The minimum atomic E-state index is 0.233. The molecule has 0 aliphatic carbocycles. The second-order valence-electron chi connectivity index (χ2n) is 5.29. The molecule has 0 saturated heterocycles. The summed E-state index contributed by atoms with van der Waals surface area (Å²) in [5.74, 6) is 6.66. The Morgan fingerprint density at radius 1 is 1.33 bits per heavy atom. The van der Waals surface area contributed by atoms with Gasteiger partial charge < -0.3 is 0 Å². The number of aromatic nitrogens is 2. The van der Waals surface area contributed by atoms with Crippen molar-refractivity contribution in [1.82, 2.24) is 15.2 Å². The maximum absolute atomic E-state index is 5.72. The van der Waals surface area contributed by atoms with Crippen LogP contribution in [-0.4, -0.2) is 21.6 Å². The summed E-state index contributed by atoms with van der Waals surface area (Å²) >= 11 is 1.83. The van der Waals surface area contributed by atoms with Gasteiger partial charge in [0.2, 0.25) is 0 Å². The van der Waals surface area contributed by atoms with E-state index in [-0.39, 0.29) is 6.04 Å². The van der Waals surface area contributed by atoms with E-state index < -0.39 is 0 Å². The summed E-state index contributed by atoms with van der Waals surface area (Å²) in [5.41, 5.74) is 6.53. The van der Waals surface area contributed by atoms with Crippen LogP contribution in [0.2, 0.25) is 0 Å². The topological polar surface area (TPSA) is 55.9 Å². The van der Waals surface area contributed by atoms with Crippen molar-refractivity contribution in [3.05, 3.63) is 47.3 Å². The van der Waals surface area contributed by atoms with Gasteiger partial charge in [0.15, 0.2) is 0 Å². The molecule has 114 valence electrons. The van der Waals surface area contributed by atoms with Crippen LogP contribution in [0.15, 0.2) is 35.2 Å². The molecule has 1 unspecified atom stereocenters. The first-order valence-corrected chi connectivity index (χ1v) is 8.30. The highest BCUT2D eigenvalue weighted by molar-refractivity contribution is 7.99. The highest BCUT2D eigenvalue weighted by atomic mass is 32.2. The molecule has 21 heavy (non-hydrogen) atoms. The highest BCUT2D eigenvalue weighted by Gasteiger charge is 2.12. The Balaban J connectivity index is 1.96. The zero-order valence-corrected chi connectivity index (χ0v) is 13.8. The normalized spacial score (nSPS) is 12.6. The smallest absolute Gasteiger partial charge is 0.0596 e. The molecule has 0 aliphatic heterocycles. The van der Waals surface area contributed by atoms with Gasteiger partial charge in [-0.05, 0) is 39.0 Å². The van der Waals surface area contributed by atoms with E-state index in [0.29, 0.717) is 0 Å². The zero-order chi connectivity index (χ0) is 15.2. The van der Waals surface area contributed by atoms with Crippen LogP contribution in [0.4, 0.5) is 0 Å². The van der Waals surface area contributed by atoms with Gasteiger partial charge in [0, 0.05) is 35.3 Å². The third-order valence-electron chi connectivity index (χ3n) is 3.42. The van der Waals surface area contributed by atoms with Crippen molar-refractivity contribution >= 4 is 11.8 Å². The number of benzene rings is 1. The minimum Gasteiger partial charge on any atom is -0.271 e. The van der Waals surface area contributed by atoms with E-state index in [9.17, 15) is 0 Å². The molecule has 0 spiro atoms. The molecule has 2 rings (SSSR count). The molecule has 4 nitrogen and oxygen atoms in total. The lowest BCUT2D eigenvalue weighted by molar-refractivity contribution is 0.534. The minimum absolute atomic E-state index is 0.233. The predicted molar refractivity (Wildman–Crippen MR) is 89.4 cm³/mol. The van der Waals surface area contributed by atoms with Crippen molar-refractivity contribution in [1.29, 1.82) is 0 Å². The fourth-order valence-corrected chi connectivity index (χ4v) is 3.41. The Hall–Kier alpha value is -1.30. The Labute approximate surface area is 131 Å². The van der Waals surface area contributed by atoms with Gasteiger partial charge in [-0.25, -0.2) is 0 Å². The van der Waals surface area contributed by atoms with Gasteiger partial charge in [-0.2, -0.15) is 5.10 Å². The van der Waals surface area contributed by atoms with Gasteiger partial charge in [0.25, 0.3) is 0 Å². The lowest BCUT2D eigenvalue weighted by Crippen LogP contribution is -2.39. The van der Waals surface area contributed by atoms with Crippen molar-refractivity contribution in [2.75, 3.05) is 5.75 Å². The molecule has 0 bridgehead atoms. The highest BCUT2D eigenvalue weighted by Crippen LogP contribution is 2.20. The third-order valence-corrected chi connectivity index (χ3v) is 4.57. The molecule has 1 aromatic carbocycles. The van der Waals surface area contributed by atoms with Crippen LogP contribution < -0.4 is 11.3 Å². The molecule has 0 fully saturated rings. The maximum Gasteiger partial charge on any atom is 0.0596 e. The molecular formula is C16H24N4S. The number of nitrogens with one attached hydrogen (secondary N) is 1. The summed E-state index contributed by atoms with van der Waals surface area (Å²) < 4.78 is 2.05. The van der Waals surface area contributed by atoms with Gasteiger partial charge in [-0.3, -0.25) is 16.0 Å². The van der Waals surface area contributed by atoms with E-state index in [2.05, 4.69) is 59.4 Å². The average Bonchev–Trinajstić information content (AvgIpc) is 2.83. The van der Waals surface area contributed by atoms with Crippen molar-refractivity contribution in [3.63, 3.8) is 0 Å². The first-order chi connectivity index (χ1) is 10.1. The van der Waals surface area contributed by atoms with Crippen LogP contribution in [0.25, 0.3) is 0 Å². The summed E-state index contributed by atoms with van der Waals surface area (Å²) in [6.45, 7) is 7.15. The number of nitrogens with zero attached hydrogens (tertiary/aromatic N) is 2. The molecule has 5 heteroatoms. The van der Waals surface area contributed by atoms with E-state index in [1.807, 2.05) is 18.7 Å². The molecule has 2 aromatic rings. The number of rotatable bonds is 7. The second-order valence-corrected chi connectivity index (χ2v) is 6.38. The zero-order valence-electron chi connectivity index (χ0n) is 13.0. The standard InChI is InChI=1S/C16H24N4S/c1-4-20-15(9-13(3)19-20)10-14(18-17)11-21-16-7-5-6-12(2)8-16/h5-9,14,18H,4,10-11,17H2,1-3H3. The lowest BCUT2D eigenvalue weighted by Gasteiger charge is -2.16. The molecule has 0 amide bonds. The Morgan fingerprint density at radius 2 is 2.14 bits per heavy atom. The molecule has 0 saturated carbocycles. The van der Waals surface area contributed by atoms with Crippen molar-refractivity contribution in [2.24, 2.45) is 5.84 Å². The quantitative estimate of drug-likeness (QED) is 0.469. The van der Waals surface area contributed by atoms with Crippen LogP contribution in [-0.2, 0) is 13.0 Å². The number of nitrogens with two attached hydrogens (primary N) is 1. The van der Waals surface area contributed by atoms with Crippen molar-refractivity contribution in [3.8, 4) is 0 Å². The number of hydrazine groups is 1. The summed E-state index contributed by atoms with van der Waals surface area (Å²) in [4.78, 5) is 1.29. The number of hydrogen-bond acceptors (Lipinski definition) is 4. The Kier molecular flexibility index (Phi) is 5.85. The first kappa shape index (κ1) is 16.1. The van der Waals surface area contributed by atoms with Gasteiger partial charge in [0.05, 0.1) is 5.69 Å². The molecular weight excluding hydrogens is 280 g/mol. The van der Waals surface area contributed by atoms with Crippen LogP contribution in [0.1, 0.15) is 23.9 Å². The number of hydrogen-bond donors (Lipinski definition) is 2. The van der Waals surface area contributed by atoms with Gasteiger partial charge in [0.1, 0.15) is 0 Å². The number of thioether (sulfide) groups is 1. The molecule has 1 aromatic heterocycles. The van der Waals surface area contributed by atoms with E-state index in [1.165, 1.54) is 16.2 Å². The lowest BCUT2D eigenvalue weighted by atomic mass is 10.2. The summed E-state index contributed by atoms with van der Waals surface area (Å²) in [6.07, 6.45) is 0.893. The molecule has 1 heterocycles. The fourth-order valence-electron chi connectivity index (χ4n) is 2.36. The summed E-state index contributed by atoms with van der Waals surface area (Å²) in [7, 11) is 0. The van der Waals surface area contributed by atoms with Crippen LogP contribution in [0, 0.1) is 13.8 Å². The van der Waals surface area contributed by atoms with Crippen LogP contribution >= 0.6 is 11.8 Å². The van der Waals surface area contributed by atoms with Crippen molar-refractivity contribution < 1.29 is 0 Å². The van der Waals surface area contributed by atoms with E-state index >= 15 is 0 Å². The molecule has 3 N–H and O–H groups in total. The van der Waals surface area contributed by atoms with Crippen molar-refractivity contribution in [2.45, 2.75) is 44.7 Å². The Bertz CT molecular complexity index is 579. The van der Waals surface area contributed by atoms with E-state index in [1.54, 1.807) is 0 Å². The first-order valence-electron chi connectivity index (χ1n) is 7.31. The molecule has 0 aliphatic rings. The predicted octanol–water partition coefficient (Wildman–Crippen LogP) is 2.69. The molecule has 1 atom stereocenters. The Morgan fingerprint density at radius 3 is 2.81 bits per heavy atom. The van der Waals surface area contributed by atoms with Gasteiger partial charge in [-0.15, -0.1) is 11.8 Å². The van der Waals surface area contributed by atoms with Crippen LogP contribution in [0.3, 0.4) is 0 Å². The maximum atomic E-state index is 5.72. The van der Waals surface area contributed by atoms with E-state index in [0.717, 1.165) is 24.4 Å². The number of aryl methyl sites for hydroxylation is 3. The van der Waals surface area contributed by atoms with Gasteiger partial charge >= 0.3 is 0 Å². The monoisotopic (exact) mass is 304 g/mol. The SMILES string of the molecule is CCn1nc(C)cc1CC(CSc1cccc(C)c1)NN. The third kappa shape index (κ3) is 4.59. The summed E-state index contributed by atoms with van der Waals surface area (Å²) in [5, 5.41) is 4.49. The largest absolute Gasteiger partial charge is 0.271 e. The van der Waals surface area contributed by atoms with Crippen LogP contribution in [0.5, 0.6) is 0 Å². The van der Waals surface area contributed by atoms with Gasteiger partial charge in [-0.1, -0.05) is 17.7 Å². The second kappa shape index (κ2) is 7.64. The van der Waals surface area contributed by atoms with E-state index in [4.69, 9.17) is 5.84 Å². The summed E-state index contributed by atoms with van der Waals surface area (Å²) in [6, 6.07) is 10.9.